The van der Waals surface area contributed by atoms with Crippen molar-refractivity contribution in [2.75, 3.05) is 22.6 Å². The summed E-state index contributed by atoms with van der Waals surface area (Å²) < 4.78 is 0. The second-order valence-electron chi connectivity index (χ2n) is 12.8. The number of nitrogens with zero attached hydrogens (tertiary/aromatic N) is 7. The van der Waals surface area contributed by atoms with Gasteiger partial charge in [-0.25, -0.2) is 4.98 Å². The van der Waals surface area contributed by atoms with Gasteiger partial charge in [0.15, 0.2) is 0 Å². The molecule has 1 fully saturated rings. The van der Waals surface area contributed by atoms with Crippen molar-refractivity contribution in [3.05, 3.63) is 75.8 Å². The lowest BCUT2D eigenvalue weighted by Gasteiger charge is -2.25. The van der Waals surface area contributed by atoms with Crippen LogP contribution in [0.5, 0.6) is 0 Å². The number of allylic oxidation sites excluding steroid dienone is 1. The molecule has 4 heterocycles. The standard InChI is InChI=1S/C35H43N9O3S2/c1-21(17-23(3)45)15-16-27-11-7-12-28(37-27)18-22(2)36-34-42-40-32(48-34)25-9-6-10-26(19-25)33-41-43-35(49-33)39-31(47)20-29-13-8-14-30(38-29)44(5)24(4)46/h7-8,11-14,21,25-26H,2,6,9-10,15-20H2,1,3-5H3,(H,36,42)(H,39,43,47)/t21?,25-,26-/m0/s1. The Hall–Kier alpha value is -4.43. The predicted molar refractivity (Wildman–Crippen MR) is 193 cm³/mol. The highest BCUT2D eigenvalue weighted by Gasteiger charge is 2.29. The summed E-state index contributed by atoms with van der Waals surface area (Å²) in [4.78, 5) is 46.5. The molecule has 0 aliphatic heterocycles. The number of aromatic nitrogens is 6. The Morgan fingerprint density at radius 2 is 1.49 bits per heavy atom. The first-order valence-corrected chi connectivity index (χ1v) is 18.2. The summed E-state index contributed by atoms with van der Waals surface area (Å²) in [5, 5.41) is 26.8. The fraction of sp³-hybridized carbons (Fsp3) is 0.457. The fourth-order valence-electron chi connectivity index (χ4n) is 5.95. The Balaban J connectivity index is 1.11. The molecule has 49 heavy (non-hydrogen) atoms. The lowest BCUT2D eigenvalue weighted by molar-refractivity contribution is -0.118. The van der Waals surface area contributed by atoms with E-state index in [0.29, 0.717) is 40.5 Å². The molecule has 4 aromatic rings. The molecule has 3 atom stereocenters. The number of nitrogens with one attached hydrogen (secondary N) is 2. The molecule has 0 aromatic carbocycles. The van der Waals surface area contributed by atoms with Gasteiger partial charge < -0.3 is 20.3 Å². The largest absolute Gasteiger partial charge is 0.334 e. The van der Waals surface area contributed by atoms with Crippen molar-refractivity contribution in [2.45, 2.75) is 90.4 Å². The van der Waals surface area contributed by atoms with Crippen LogP contribution in [0.2, 0.25) is 0 Å². The lowest BCUT2D eigenvalue weighted by atomic mass is 9.82. The van der Waals surface area contributed by atoms with Crippen LogP contribution in [-0.4, -0.2) is 55.0 Å². The van der Waals surface area contributed by atoms with Crippen molar-refractivity contribution in [3.8, 4) is 0 Å². The van der Waals surface area contributed by atoms with Crippen molar-refractivity contribution >= 4 is 56.4 Å². The van der Waals surface area contributed by atoms with Gasteiger partial charge in [-0.05, 0) is 69.2 Å². The zero-order valence-corrected chi connectivity index (χ0v) is 30.1. The van der Waals surface area contributed by atoms with Gasteiger partial charge in [0.25, 0.3) is 0 Å². The average Bonchev–Trinajstić information content (AvgIpc) is 3.73. The highest BCUT2D eigenvalue weighted by molar-refractivity contribution is 7.15. The van der Waals surface area contributed by atoms with Gasteiger partial charge in [0.2, 0.25) is 22.1 Å². The molecule has 5 rings (SSSR count). The molecule has 0 saturated heterocycles. The third-order valence-electron chi connectivity index (χ3n) is 8.52. The highest BCUT2D eigenvalue weighted by atomic mass is 32.1. The lowest BCUT2D eigenvalue weighted by Crippen LogP contribution is -2.24. The zero-order chi connectivity index (χ0) is 34.9. The van der Waals surface area contributed by atoms with Crippen LogP contribution in [0.3, 0.4) is 0 Å². The monoisotopic (exact) mass is 701 g/mol. The Morgan fingerprint density at radius 3 is 2.14 bits per heavy atom. The van der Waals surface area contributed by atoms with Crippen molar-refractivity contribution in [1.82, 2.24) is 30.4 Å². The first kappa shape index (κ1) is 35.9. The summed E-state index contributed by atoms with van der Waals surface area (Å²) in [5.41, 5.74) is 3.32. The average molecular weight is 702 g/mol. The topological polar surface area (TPSA) is 156 Å². The highest BCUT2D eigenvalue weighted by Crippen LogP contribution is 2.43. The van der Waals surface area contributed by atoms with Crippen LogP contribution in [0.1, 0.15) is 98.2 Å². The summed E-state index contributed by atoms with van der Waals surface area (Å²) >= 11 is 2.96. The molecule has 1 unspecified atom stereocenters. The van der Waals surface area contributed by atoms with Crippen LogP contribution in [0.15, 0.2) is 48.7 Å². The van der Waals surface area contributed by atoms with E-state index in [1.807, 2.05) is 18.2 Å². The molecule has 2 N–H and O–H groups in total. The fourth-order valence-corrected chi connectivity index (χ4v) is 7.79. The molecule has 0 bridgehead atoms. The molecule has 12 nitrogen and oxygen atoms in total. The normalized spacial score (nSPS) is 16.5. The first-order chi connectivity index (χ1) is 23.5. The van der Waals surface area contributed by atoms with Gasteiger partial charge in [-0.3, -0.25) is 14.6 Å². The SMILES string of the molecule is C=C(Cc1cccc(CCC(C)CC(C)=O)n1)Nc1nnc([C@H]2CCC[C@H](c3nnc(NC(=O)Cc4cccc(N(C)C(C)=O)n4)s3)C2)s1. The zero-order valence-electron chi connectivity index (χ0n) is 28.4. The van der Waals surface area contributed by atoms with E-state index < -0.39 is 0 Å². The number of ketones is 1. The molecule has 1 aliphatic rings. The van der Waals surface area contributed by atoms with Crippen LogP contribution in [0.25, 0.3) is 0 Å². The van der Waals surface area contributed by atoms with E-state index in [2.05, 4.69) is 49.5 Å². The number of anilines is 3. The van der Waals surface area contributed by atoms with E-state index in [1.165, 1.54) is 23.2 Å². The number of Topliss-reactive ketones (excluding diaryl/α,β-unsaturated/α-hetero) is 1. The number of aryl methyl sites for hydroxylation is 1. The summed E-state index contributed by atoms with van der Waals surface area (Å²) in [5.74, 6) is 1.17. The van der Waals surface area contributed by atoms with Crippen LogP contribution < -0.4 is 15.5 Å². The predicted octanol–water partition coefficient (Wildman–Crippen LogP) is 6.50. The van der Waals surface area contributed by atoms with Gasteiger partial charge in [0, 0.05) is 55.7 Å². The third kappa shape index (κ3) is 10.5. The van der Waals surface area contributed by atoms with Crippen LogP contribution in [0.4, 0.5) is 16.1 Å². The second kappa shape index (κ2) is 16.8. The Morgan fingerprint density at radius 1 is 0.878 bits per heavy atom. The quantitative estimate of drug-likeness (QED) is 0.140. The van der Waals surface area contributed by atoms with E-state index in [0.717, 1.165) is 65.6 Å². The van der Waals surface area contributed by atoms with Crippen molar-refractivity contribution in [1.29, 1.82) is 0 Å². The van der Waals surface area contributed by atoms with E-state index in [4.69, 9.17) is 4.98 Å². The molecule has 1 aliphatic carbocycles. The number of hydrogen-bond donors (Lipinski definition) is 2. The van der Waals surface area contributed by atoms with E-state index in [9.17, 15) is 14.4 Å². The molecular formula is C35H43N9O3S2. The Bertz CT molecular complexity index is 1790. The number of pyridine rings is 2. The second-order valence-corrected chi connectivity index (χ2v) is 14.8. The minimum Gasteiger partial charge on any atom is -0.334 e. The number of rotatable bonds is 15. The number of hydrogen-bond acceptors (Lipinski definition) is 12. The number of carbonyl (C=O) groups excluding carboxylic acids is 3. The van der Waals surface area contributed by atoms with E-state index in [-0.39, 0.29) is 35.9 Å². The van der Waals surface area contributed by atoms with Crippen molar-refractivity contribution < 1.29 is 14.4 Å². The number of amides is 2. The van der Waals surface area contributed by atoms with E-state index >= 15 is 0 Å². The molecule has 14 heteroatoms. The first-order valence-electron chi connectivity index (χ1n) is 16.6. The molecule has 2 amide bonds. The van der Waals surface area contributed by atoms with Gasteiger partial charge in [-0.15, -0.1) is 20.4 Å². The molecular weight excluding hydrogens is 659 g/mol. The van der Waals surface area contributed by atoms with Crippen molar-refractivity contribution in [2.24, 2.45) is 5.92 Å². The van der Waals surface area contributed by atoms with Crippen LogP contribution in [0, 0.1) is 5.92 Å². The maximum atomic E-state index is 12.8. The van der Waals surface area contributed by atoms with Gasteiger partial charge in [-0.1, -0.05) is 54.7 Å². The maximum absolute atomic E-state index is 12.8. The Kier molecular flexibility index (Phi) is 12.3. The van der Waals surface area contributed by atoms with Gasteiger partial charge >= 0.3 is 0 Å². The molecule has 1 saturated carbocycles. The number of carbonyl (C=O) groups is 3. The van der Waals surface area contributed by atoms with Crippen LogP contribution >= 0.6 is 22.7 Å². The van der Waals surface area contributed by atoms with E-state index in [1.54, 1.807) is 43.5 Å². The smallest absolute Gasteiger partial charge is 0.232 e. The summed E-state index contributed by atoms with van der Waals surface area (Å²) in [6.45, 7) is 9.42. The maximum Gasteiger partial charge on any atom is 0.232 e. The van der Waals surface area contributed by atoms with Gasteiger partial charge in [0.1, 0.15) is 21.6 Å². The Labute approximate surface area is 294 Å². The van der Waals surface area contributed by atoms with Crippen LogP contribution in [-0.2, 0) is 33.6 Å². The molecule has 0 radical (unpaired) electrons. The molecule has 0 spiro atoms. The minimum absolute atomic E-state index is 0.0608. The third-order valence-corrected chi connectivity index (χ3v) is 10.5. The van der Waals surface area contributed by atoms with Gasteiger partial charge in [0.05, 0.1) is 12.1 Å². The molecule has 4 aromatic heterocycles. The van der Waals surface area contributed by atoms with Gasteiger partial charge in [-0.2, -0.15) is 0 Å². The summed E-state index contributed by atoms with van der Waals surface area (Å²) in [6, 6.07) is 11.3. The molecule has 258 valence electrons. The minimum atomic E-state index is -0.242. The van der Waals surface area contributed by atoms with Crippen molar-refractivity contribution in [3.63, 3.8) is 0 Å². The summed E-state index contributed by atoms with van der Waals surface area (Å²) in [7, 11) is 1.65. The summed E-state index contributed by atoms with van der Waals surface area (Å²) in [6.07, 6.45) is 6.97.